The Bertz CT molecular complexity index is 803. The summed E-state index contributed by atoms with van der Waals surface area (Å²) in [5.41, 5.74) is 9.13. The largest absolute Gasteiger partial charge is 0.398 e. The minimum absolute atomic E-state index is 0.360. The maximum atomic E-state index is 9.26. The van der Waals surface area contributed by atoms with E-state index < -0.39 is 0 Å². The maximum Gasteiger partial charge on any atom is 0.149 e. The highest BCUT2D eigenvalue weighted by molar-refractivity contribution is 5.88. The molecule has 0 radical (unpaired) electrons. The van der Waals surface area contributed by atoms with Gasteiger partial charge in [0.15, 0.2) is 0 Å². The molecule has 1 aromatic carbocycles. The predicted octanol–water partition coefficient (Wildman–Crippen LogP) is 2.75. The van der Waals surface area contributed by atoms with E-state index in [9.17, 15) is 5.26 Å². The van der Waals surface area contributed by atoms with Crippen molar-refractivity contribution in [3.8, 4) is 17.2 Å². The van der Waals surface area contributed by atoms with E-state index in [2.05, 4.69) is 16.0 Å². The molecule has 2 aromatic heterocycles. The number of nitrogens with two attached hydrogens (primary N) is 1. The number of hydrogen-bond acceptors (Lipinski definition) is 4. The smallest absolute Gasteiger partial charge is 0.149 e. The van der Waals surface area contributed by atoms with Gasteiger partial charge in [0.1, 0.15) is 11.8 Å². The molecule has 2 heterocycles. The van der Waals surface area contributed by atoms with E-state index in [1.807, 2.05) is 30.3 Å². The van der Waals surface area contributed by atoms with Gasteiger partial charge in [0.25, 0.3) is 0 Å². The van der Waals surface area contributed by atoms with Crippen LogP contribution < -0.4 is 5.73 Å². The molecular formula is C15H10N4. The van der Waals surface area contributed by atoms with E-state index >= 15 is 0 Å². The second-order valence-corrected chi connectivity index (χ2v) is 4.15. The standard InChI is InChI=1S/C15H10N4/c16-8-15-11(12-9-18-6-5-13(12)17)7-10-3-1-2-4-14(10)19-15/h1-7,9H,(H2,17,18). The van der Waals surface area contributed by atoms with Gasteiger partial charge in [0.05, 0.1) is 5.52 Å². The van der Waals surface area contributed by atoms with E-state index in [1.54, 1.807) is 18.5 Å². The van der Waals surface area contributed by atoms with Crippen LogP contribution in [0.4, 0.5) is 5.69 Å². The third-order valence-electron chi connectivity index (χ3n) is 2.97. The summed E-state index contributed by atoms with van der Waals surface area (Å²) in [6.07, 6.45) is 3.28. The average molecular weight is 246 g/mol. The molecule has 0 aliphatic carbocycles. The van der Waals surface area contributed by atoms with Gasteiger partial charge in [-0.2, -0.15) is 5.26 Å². The predicted molar refractivity (Wildman–Crippen MR) is 74.1 cm³/mol. The minimum atomic E-state index is 0.360. The second-order valence-electron chi connectivity index (χ2n) is 4.15. The highest BCUT2D eigenvalue weighted by atomic mass is 14.7. The molecule has 0 aliphatic rings. The number of aromatic nitrogens is 2. The van der Waals surface area contributed by atoms with Crippen LogP contribution in [-0.2, 0) is 0 Å². The van der Waals surface area contributed by atoms with Crippen LogP contribution in [0.1, 0.15) is 5.69 Å². The molecule has 0 saturated carbocycles. The number of rotatable bonds is 1. The molecule has 4 nitrogen and oxygen atoms in total. The van der Waals surface area contributed by atoms with Crippen molar-refractivity contribution in [2.75, 3.05) is 5.73 Å². The van der Waals surface area contributed by atoms with Crippen LogP contribution in [0.2, 0.25) is 0 Å². The molecule has 0 atom stereocenters. The topological polar surface area (TPSA) is 75.6 Å². The van der Waals surface area contributed by atoms with Gasteiger partial charge in [0, 0.05) is 34.6 Å². The van der Waals surface area contributed by atoms with Crippen LogP contribution in [0.3, 0.4) is 0 Å². The lowest BCUT2D eigenvalue weighted by Gasteiger charge is -2.08. The molecular weight excluding hydrogens is 236 g/mol. The highest BCUT2D eigenvalue weighted by Crippen LogP contribution is 2.29. The second kappa shape index (κ2) is 4.39. The van der Waals surface area contributed by atoms with Crippen molar-refractivity contribution in [1.29, 1.82) is 5.26 Å². The van der Waals surface area contributed by atoms with Crippen LogP contribution in [-0.4, -0.2) is 9.97 Å². The van der Waals surface area contributed by atoms with Crippen molar-refractivity contribution in [3.63, 3.8) is 0 Å². The van der Waals surface area contributed by atoms with Gasteiger partial charge >= 0.3 is 0 Å². The van der Waals surface area contributed by atoms with Crippen molar-refractivity contribution >= 4 is 16.6 Å². The Labute approximate surface area is 110 Å². The van der Waals surface area contributed by atoms with E-state index in [0.29, 0.717) is 16.9 Å². The van der Waals surface area contributed by atoms with Crippen LogP contribution >= 0.6 is 0 Å². The van der Waals surface area contributed by atoms with E-state index in [1.165, 1.54) is 0 Å². The summed E-state index contributed by atoms with van der Waals surface area (Å²) in [6, 6.07) is 13.4. The number of hydrogen-bond donors (Lipinski definition) is 1. The quantitative estimate of drug-likeness (QED) is 0.716. The lowest BCUT2D eigenvalue weighted by molar-refractivity contribution is 1.30. The van der Waals surface area contributed by atoms with Crippen LogP contribution in [0.15, 0.2) is 48.8 Å². The van der Waals surface area contributed by atoms with Gasteiger partial charge in [-0.05, 0) is 18.2 Å². The SMILES string of the molecule is N#Cc1nc2ccccc2cc1-c1cnccc1N. The monoisotopic (exact) mass is 246 g/mol. The van der Waals surface area contributed by atoms with Gasteiger partial charge in [-0.3, -0.25) is 4.98 Å². The third-order valence-corrected chi connectivity index (χ3v) is 2.97. The van der Waals surface area contributed by atoms with Crippen LogP contribution in [0.5, 0.6) is 0 Å². The Hall–Kier alpha value is -2.93. The van der Waals surface area contributed by atoms with Gasteiger partial charge < -0.3 is 5.73 Å². The number of nitriles is 1. The molecule has 3 aromatic rings. The zero-order chi connectivity index (χ0) is 13.2. The number of benzene rings is 1. The Morgan fingerprint density at radius 2 is 1.95 bits per heavy atom. The first-order valence-electron chi connectivity index (χ1n) is 5.79. The molecule has 0 bridgehead atoms. The van der Waals surface area contributed by atoms with Gasteiger partial charge in [-0.15, -0.1) is 0 Å². The van der Waals surface area contributed by atoms with Crippen LogP contribution in [0.25, 0.3) is 22.0 Å². The van der Waals surface area contributed by atoms with Crippen molar-refractivity contribution < 1.29 is 0 Å². The Morgan fingerprint density at radius 1 is 1.11 bits per heavy atom. The number of pyridine rings is 2. The lowest BCUT2D eigenvalue weighted by atomic mass is 10.0. The first-order chi connectivity index (χ1) is 9.29. The van der Waals surface area contributed by atoms with Crippen molar-refractivity contribution in [3.05, 3.63) is 54.5 Å². The van der Waals surface area contributed by atoms with Crippen molar-refractivity contribution in [1.82, 2.24) is 9.97 Å². The Morgan fingerprint density at radius 3 is 2.74 bits per heavy atom. The molecule has 4 heteroatoms. The minimum Gasteiger partial charge on any atom is -0.398 e. The molecule has 90 valence electrons. The van der Waals surface area contributed by atoms with E-state index in [4.69, 9.17) is 5.73 Å². The van der Waals surface area contributed by atoms with E-state index in [0.717, 1.165) is 16.5 Å². The average Bonchev–Trinajstić information content (AvgIpc) is 2.46. The fraction of sp³-hybridized carbons (Fsp3) is 0. The first-order valence-corrected chi connectivity index (χ1v) is 5.79. The zero-order valence-electron chi connectivity index (χ0n) is 10.0. The number of fused-ring (bicyclic) bond motifs is 1. The summed E-state index contributed by atoms with van der Waals surface area (Å²) in [5, 5.41) is 10.2. The highest BCUT2D eigenvalue weighted by Gasteiger charge is 2.11. The van der Waals surface area contributed by atoms with Gasteiger partial charge in [0.2, 0.25) is 0 Å². The number of nitrogen functional groups attached to an aromatic ring is 1. The summed E-state index contributed by atoms with van der Waals surface area (Å²) in [5.74, 6) is 0. The molecule has 0 saturated heterocycles. The fourth-order valence-electron chi connectivity index (χ4n) is 2.04. The first kappa shape index (κ1) is 11.2. The Balaban J connectivity index is 2.35. The molecule has 0 fully saturated rings. The third kappa shape index (κ3) is 1.87. The summed E-state index contributed by atoms with van der Waals surface area (Å²) >= 11 is 0. The van der Waals surface area contributed by atoms with Gasteiger partial charge in [-0.25, -0.2) is 4.98 Å². The molecule has 2 N–H and O–H groups in total. The number of anilines is 1. The Kier molecular flexibility index (Phi) is 2.58. The number of para-hydroxylation sites is 1. The van der Waals surface area contributed by atoms with Crippen LogP contribution in [0, 0.1) is 11.3 Å². The summed E-state index contributed by atoms with van der Waals surface area (Å²) < 4.78 is 0. The van der Waals surface area contributed by atoms with E-state index in [-0.39, 0.29) is 0 Å². The molecule has 0 unspecified atom stereocenters. The molecule has 0 aliphatic heterocycles. The summed E-state index contributed by atoms with van der Waals surface area (Å²) in [7, 11) is 0. The molecule has 19 heavy (non-hydrogen) atoms. The number of nitrogens with zero attached hydrogens (tertiary/aromatic N) is 3. The maximum absolute atomic E-state index is 9.26. The molecule has 3 rings (SSSR count). The molecule has 0 spiro atoms. The summed E-state index contributed by atoms with van der Waals surface area (Å²) in [4.78, 5) is 8.43. The zero-order valence-corrected chi connectivity index (χ0v) is 10.0. The van der Waals surface area contributed by atoms with Crippen molar-refractivity contribution in [2.24, 2.45) is 0 Å². The fourth-order valence-corrected chi connectivity index (χ4v) is 2.04. The normalized spacial score (nSPS) is 10.3. The molecule has 0 amide bonds. The summed E-state index contributed by atoms with van der Waals surface area (Å²) in [6.45, 7) is 0. The van der Waals surface area contributed by atoms with Gasteiger partial charge in [-0.1, -0.05) is 18.2 Å². The lowest BCUT2D eigenvalue weighted by Crippen LogP contribution is -1.95. The van der Waals surface area contributed by atoms with Crippen molar-refractivity contribution in [2.45, 2.75) is 0 Å².